The second-order valence-corrected chi connectivity index (χ2v) is 6.71. The van der Waals surface area contributed by atoms with Crippen LogP contribution in [-0.2, 0) is 4.74 Å². The van der Waals surface area contributed by atoms with Gasteiger partial charge in [0.05, 0.1) is 0 Å². The van der Waals surface area contributed by atoms with Crippen molar-refractivity contribution >= 4 is 34.0 Å². The van der Waals surface area contributed by atoms with E-state index in [1.165, 1.54) is 6.33 Å². The summed E-state index contributed by atoms with van der Waals surface area (Å²) in [5.41, 5.74) is 1.73. The van der Waals surface area contributed by atoms with Crippen LogP contribution in [0, 0.1) is 0 Å². The highest BCUT2D eigenvalue weighted by Crippen LogP contribution is 2.30. The average Bonchev–Trinajstić information content (AvgIpc) is 2.92. The van der Waals surface area contributed by atoms with Gasteiger partial charge in [0.2, 0.25) is 0 Å². The zero-order chi connectivity index (χ0) is 17.9. The smallest absolute Gasteiger partial charge is 0.407 e. The van der Waals surface area contributed by atoms with Gasteiger partial charge in [0.1, 0.15) is 23.0 Å². The van der Waals surface area contributed by atoms with Crippen molar-refractivity contribution in [3.63, 3.8) is 0 Å². The van der Waals surface area contributed by atoms with Crippen molar-refractivity contribution in [1.29, 1.82) is 0 Å². The zero-order valence-corrected chi connectivity index (χ0v) is 14.6. The van der Waals surface area contributed by atoms with Gasteiger partial charge in [-0.05, 0) is 39.3 Å². The lowest BCUT2D eigenvalue weighted by atomic mass is 10.2. The van der Waals surface area contributed by atoms with Crippen LogP contribution in [-0.4, -0.2) is 34.8 Å². The molecule has 0 spiro atoms. The minimum atomic E-state index is -0.490. The van der Waals surface area contributed by atoms with Gasteiger partial charge in [0, 0.05) is 18.5 Å². The summed E-state index contributed by atoms with van der Waals surface area (Å²) in [6, 6.07) is 7.76. The number of ether oxygens (including phenoxy) is 1. The molecule has 3 aromatic rings. The number of carbonyl (C=O) groups excluding carboxylic acids is 1. The van der Waals surface area contributed by atoms with E-state index in [2.05, 4.69) is 20.6 Å². The molecule has 7 heteroatoms. The quantitative estimate of drug-likeness (QED) is 0.687. The SMILES string of the molecule is CC(C)(C)OC(=O)NCCCNc1ncnc2c1oc1ccccc12. The monoisotopic (exact) mass is 342 g/mol. The Morgan fingerprint density at radius 3 is 2.80 bits per heavy atom. The van der Waals surface area contributed by atoms with Crippen molar-refractivity contribution in [2.45, 2.75) is 32.8 Å². The molecule has 1 aromatic carbocycles. The number of nitrogens with zero attached hydrogens (tertiary/aromatic N) is 2. The predicted molar refractivity (Wildman–Crippen MR) is 96.7 cm³/mol. The van der Waals surface area contributed by atoms with Crippen LogP contribution in [0.5, 0.6) is 0 Å². The van der Waals surface area contributed by atoms with Gasteiger partial charge in [0.15, 0.2) is 11.4 Å². The Labute approximate surface area is 145 Å². The fourth-order valence-electron chi connectivity index (χ4n) is 2.45. The molecule has 0 atom stereocenters. The normalized spacial score (nSPS) is 11.6. The molecule has 7 nitrogen and oxygen atoms in total. The average molecular weight is 342 g/mol. The lowest BCUT2D eigenvalue weighted by molar-refractivity contribution is 0.0528. The third-order valence-electron chi connectivity index (χ3n) is 3.47. The Kier molecular flexibility index (Phi) is 4.74. The number of carbonyl (C=O) groups is 1. The number of anilines is 1. The zero-order valence-electron chi connectivity index (χ0n) is 14.6. The molecule has 2 heterocycles. The highest BCUT2D eigenvalue weighted by molar-refractivity contribution is 6.05. The van der Waals surface area contributed by atoms with Crippen molar-refractivity contribution in [3.8, 4) is 0 Å². The Morgan fingerprint density at radius 1 is 1.20 bits per heavy atom. The van der Waals surface area contributed by atoms with Gasteiger partial charge >= 0.3 is 6.09 Å². The van der Waals surface area contributed by atoms with E-state index >= 15 is 0 Å². The summed E-state index contributed by atoms with van der Waals surface area (Å²) in [5, 5.41) is 6.93. The van der Waals surface area contributed by atoms with E-state index in [4.69, 9.17) is 9.15 Å². The summed E-state index contributed by atoms with van der Waals surface area (Å²) in [4.78, 5) is 20.1. The first-order chi connectivity index (χ1) is 11.9. The maximum Gasteiger partial charge on any atom is 0.407 e. The fourth-order valence-corrected chi connectivity index (χ4v) is 2.45. The van der Waals surface area contributed by atoms with Gasteiger partial charge in [-0.15, -0.1) is 0 Å². The predicted octanol–water partition coefficient (Wildman–Crippen LogP) is 3.70. The number of alkyl carbamates (subject to hydrolysis) is 1. The van der Waals surface area contributed by atoms with Crippen LogP contribution in [0.3, 0.4) is 0 Å². The first-order valence-electron chi connectivity index (χ1n) is 8.27. The third-order valence-corrected chi connectivity index (χ3v) is 3.47. The number of hydrogen-bond donors (Lipinski definition) is 2. The van der Waals surface area contributed by atoms with Crippen molar-refractivity contribution in [2.24, 2.45) is 0 Å². The van der Waals surface area contributed by atoms with Gasteiger partial charge in [-0.2, -0.15) is 0 Å². The Morgan fingerprint density at radius 2 is 2.00 bits per heavy atom. The number of hydrogen-bond acceptors (Lipinski definition) is 6. The van der Waals surface area contributed by atoms with Crippen LogP contribution < -0.4 is 10.6 Å². The molecule has 0 aliphatic rings. The summed E-state index contributed by atoms with van der Waals surface area (Å²) < 4.78 is 11.0. The molecule has 0 unspecified atom stereocenters. The summed E-state index contributed by atoms with van der Waals surface area (Å²) in [6.45, 7) is 6.65. The van der Waals surface area contributed by atoms with E-state index < -0.39 is 11.7 Å². The molecule has 2 aromatic heterocycles. The molecule has 25 heavy (non-hydrogen) atoms. The first-order valence-corrected chi connectivity index (χ1v) is 8.27. The van der Waals surface area contributed by atoms with E-state index in [1.807, 2.05) is 45.0 Å². The maximum absolute atomic E-state index is 11.6. The molecule has 0 saturated carbocycles. The fraction of sp³-hybridized carbons (Fsp3) is 0.389. The van der Waals surface area contributed by atoms with Crippen molar-refractivity contribution in [1.82, 2.24) is 15.3 Å². The van der Waals surface area contributed by atoms with E-state index in [9.17, 15) is 4.79 Å². The Hall–Kier alpha value is -2.83. The number of benzene rings is 1. The number of para-hydroxylation sites is 1. The molecule has 0 fully saturated rings. The van der Waals surface area contributed by atoms with Gasteiger partial charge in [-0.1, -0.05) is 12.1 Å². The molecule has 0 bridgehead atoms. The van der Waals surface area contributed by atoms with E-state index in [0.29, 0.717) is 24.5 Å². The van der Waals surface area contributed by atoms with Crippen LogP contribution in [0.2, 0.25) is 0 Å². The van der Waals surface area contributed by atoms with Gasteiger partial charge < -0.3 is 19.8 Å². The molecule has 2 N–H and O–H groups in total. The number of rotatable bonds is 5. The van der Waals surface area contributed by atoms with E-state index in [1.54, 1.807) is 0 Å². The molecule has 0 radical (unpaired) electrons. The molecule has 132 valence electrons. The highest BCUT2D eigenvalue weighted by Gasteiger charge is 2.15. The minimum Gasteiger partial charge on any atom is -0.450 e. The van der Waals surface area contributed by atoms with Crippen molar-refractivity contribution in [2.75, 3.05) is 18.4 Å². The standard InChI is InChI=1S/C18H22N4O3/c1-18(2,3)25-17(23)20-10-6-9-19-16-15-14(21-11-22-16)12-7-4-5-8-13(12)24-15/h4-5,7-8,11H,6,9-10H2,1-3H3,(H,20,23)(H,19,21,22). The second-order valence-electron chi connectivity index (χ2n) is 6.71. The first kappa shape index (κ1) is 17.0. The highest BCUT2D eigenvalue weighted by atomic mass is 16.6. The topological polar surface area (TPSA) is 89.3 Å². The maximum atomic E-state index is 11.6. The summed E-state index contributed by atoms with van der Waals surface area (Å²) >= 11 is 0. The molecule has 3 rings (SSSR count). The number of aromatic nitrogens is 2. The van der Waals surface area contributed by atoms with Crippen LogP contribution in [0.25, 0.3) is 22.1 Å². The number of fused-ring (bicyclic) bond motifs is 3. The van der Waals surface area contributed by atoms with Crippen molar-refractivity contribution < 1.29 is 13.9 Å². The number of furan rings is 1. The van der Waals surface area contributed by atoms with Gasteiger partial charge in [0.25, 0.3) is 0 Å². The third kappa shape index (κ3) is 4.17. The van der Waals surface area contributed by atoms with E-state index in [0.717, 1.165) is 22.9 Å². The largest absolute Gasteiger partial charge is 0.450 e. The van der Waals surface area contributed by atoms with Crippen LogP contribution in [0.1, 0.15) is 27.2 Å². The second kappa shape index (κ2) is 6.96. The van der Waals surface area contributed by atoms with Gasteiger partial charge in [-0.25, -0.2) is 14.8 Å². The Bertz CT molecular complexity index is 883. The molecule has 0 aliphatic heterocycles. The number of amides is 1. The van der Waals surface area contributed by atoms with E-state index in [-0.39, 0.29) is 0 Å². The molecular formula is C18H22N4O3. The molecular weight excluding hydrogens is 320 g/mol. The lowest BCUT2D eigenvalue weighted by Crippen LogP contribution is -2.33. The molecule has 0 saturated heterocycles. The van der Waals surface area contributed by atoms with Crippen LogP contribution in [0.4, 0.5) is 10.6 Å². The minimum absolute atomic E-state index is 0.408. The summed E-state index contributed by atoms with van der Waals surface area (Å²) in [6.07, 6.45) is 1.84. The number of nitrogens with one attached hydrogen (secondary N) is 2. The van der Waals surface area contributed by atoms with Crippen molar-refractivity contribution in [3.05, 3.63) is 30.6 Å². The molecule has 1 amide bonds. The van der Waals surface area contributed by atoms with Gasteiger partial charge in [-0.3, -0.25) is 0 Å². The van der Waals surface area contributed by atoms with Crippen LogP contribution >= 0.6 is 0 Å². The Balaban J connectivity index is 1.56. The lowest BCUT2D eigenvalue weighted by Gasteiger charge is -2.19. The molecule has 0 aliphatic carbocycles. The summed E-state index contributed by atoms with van der Waals surface area (Å²) in [7, 11) is 0. The summed E-state index contributed by atoms with van der Waals surface area (Å²) in [5.74, 6) is 0.651. The van der Waals surface area contributed by atoms with Crippen LogP contribution in [0.15, 0.2) is 35.0 Å².